The summed E-state index contributed by atoms with van der Waals surface area (Å²) < 4.78 is 31.3. The first-order chi connectivity index (χ1) is 9.57. The van der Waals surface area contributed by atoms with Gasteiger partial charge < -0.3 is 10.1 Å². The summed E-state index contributed by atoms with van der Waals surface area (Å²) in [7, 11) is -0.635. The maximum atomic E-state index is 12.6. The highest BCUT2D eigenvalue weighted by Gasteiger charge is 2.27. The molecule has 1 rings (SSSR count). The summed E-state index contributed by atoms with van der Waals surface area (Å²) in [6.45, 7) is 0.550. The summed E-state index contributed by atoms with van der Waals surface area (Å²) >= 11 is 0. The normalized spacial score (nSPS) is 11.3. The molecule has 110 valence electrons. The number of aromatic nitrogens is 1. The van der Waals surface area contributed by atoms with Crippen LogP contribution in [0, 0.1) is 11.3 Å². The molecule has 7 nitrogen and oxygen atoms in total. The number of methoxy groups -OCH3 is 1. The van der Waals surface area contributed by atoms with Gasteiger partial charge in [-0.3, -0.25) is 0 Å². The Labute approximate surface area is 119 Å². The zero-order chi connectivity index (χ0) is 15.0. The first-order valence-corrected chi connectivity index (χ1v) is 7.50. The molecule has 20 heavy (non-hydrogen) atoms. The number of hydrogen-bond donors (Lipinski definition) is 1. The van der Waals surface area contributed by atoms with Crippen molar-refractivity contribution in [2.24, 2.45) is 0 Å². The number of ether oxygens (including phenoxy) is 1. The second-order valence-electron chi connectivity index (χ2n) is 3.91. The summed E-state index contributed by atoms with van der Waals surface area (Å²) in [5, 5.41) is 11.4. The Morgan fingerprint density at radius 2 is 2.25 bits per heavy atom. The van der Waals surface area contributed by atoms with E-state index >= 15 is 0 Å². The number of pyridine rings is 1. The molecule has 0 bridgehead atoms. The minimum atomic E-state index is -3.76. The van der Waals surface area contributed by atoms with Crippen LogP contribution in [0.25, 0.3) is 0 Å². The lowest BCUT2D eigenvalue weighted by Crippen LogP contribution is -2.35. The first kappa shape index (κ1) is 16.4. The van der Waals surface area contributed by atoms with Crippen molar-refractivity contribution in [3.05, 3.63) is 18.3 Å². The maximum Gasteiger partial charge on any atom is 0.262 e. The monoisotopic (exact) mass is 298 g/mol. The molecule has 8 heteroatoms. The molecule has 0 radical (unpaired) electrons. The number of sulfonamides is 1. The van der Waals surface area contributed by atoms with Crippen molar-refractivity contribution >= 4 is 15.7 Å². The second kappa shape index (κ2) is 7.79. The zero-order valence-corrected chi connectivity index (χ0v) is 12.4. The Balaban J connectivity index is 3.11. The smallest absolute Gasteiger partial charge is 0.262 e. The van der Waals surface area contributed by atoms with Gasteiger partial charge in [0.2, 0.25) is 0 Å². The Hall–Kier alpha value is -1.69. The van der Waals surface area contributed by atoms with E-state index < -0.39 is 10.0 Å². The van der Waals surface area contributed by atoms with Gasteiger partial charge in [0, 0.05) is 39.9 Å². The predicted molar refractivity (Wildman–Crippen MR) is 74.6 cm³/mol. The third kappa shape index (κ3) is 3.90. The topological polar surface area (TPSA) is 95.3 Å². The first-order valence-electron chi connectivity index (χ1n) is 6.06. The van der Waals surface area contributed by atoms with Crippen LogP contribution in [0.4, 0.5) is 5.69 Å². The van der Waals surface area contributed by atoms with Crippen LogP contribution in [0.3, 0.4) is 0 Å². The molecule has 0 spiro atoms. The van der Waals surface area contributed by atoms with Gasteiger partial charge in [0.25, 0.3) is 10.0 Å². The van der Waals surface area contributed by atoms with Gasteiger partial charge in [-0.25, -0.2) is 13.4 Å². The molecular formula is C12H18N4O3S. The minimum Gasteiger partial charge on any atom is -0.386 e. The van der Waals surface area contributed by atoms with Gasteiger partial charge >= 0.3 is 0 Å². The number of rotatable bonds is 8. The highest BCUT2D eigenvalue weighted by Crippen LogP contribution is 2.21. The molecule has 0 fully saturated rings. The SMILES string of the molecule is CNc1cccnc1S(=O)(=O)N(CCC#N)CCOC. The fourth-order valence-electron chi connectivity index (χ4n) is 1.63. The van der Waals surface area contributed by atoms with Crippen LogP contribution in [0.15, 0.2) is 23.4 Å². The molecule has 0 aliphatic carbocycles. The minimum absolute atomic E-state index is 0.0449. The summed E-state index contributed by atoms with van der Waals surface area (Å²) in [5.74, 6) is 0. The number of nitrogens with zero attached hydrogens (tertiary/aromatic N) is 3. The van der Waals surface area contributed by atoms with Crippen molar-refractivity contribution in [1.82, 2.24) is 9.29 Å². The second-order valence-corrected chi connectivity index (χ2v) is 5.76. The number of nitriles is 1. The summed E-state index contributed by atoms with van der Waals surface area (Å²) in [4.78, 5) is 3.94. The van der Waals surface area contributed by atoms with Gasteiger partial charge in [0.1, 0.15) is 0 Å². The zero-order valence-electron chi connectivity index (χ0n) is 11.5. The van der Waals surface area contributed by atoms with Crippen molar-refractivity contribution in [2.75, 3.05) is 39.2 Å². The van der Waals surface area contributed by atoms with Crippen molar-refractivity contribution in [2.45, 2.75) is 11.4 Å². The third-order valence-corrected chi connectivity index (χ3v) is 4.50. The van der Waals surface area contributed by atoms with Gasteiger partial charge in [0.15, 0.2) is 5.03 Å². The maximum absolute atomic E-state index is 12.6. The lowest BCUT2D eigenvalue weighted by Gasteiger charge is -2.21. The Bertz CT molecular complexity index is 568. The Morgan fingerprint density at radius 3 is 2.85 bits per heavy atom. The average molecular weight is 298 g/mol. The summed E-state index contributed by atoms with van der Waals surface area (Å²) in [6.07, 6.45) is 1.54. The molecule has 0 unspecified atom stereocenters. The van der Waals surface area contributed by atoms with Gasteiger partial charge in [0.05, 0.1) is 18.4 Å². The van der Waals surface area contributed by atoms with E-state index in [4.69, 9.17) is 10.00 Å². The Kier molecular flexibility index (Phi) is 6.38. The molecule has 0 saturated heterocycles. The van der Waals surface area contributed by atoms with Crippen molar-refractivity contribution in [1.29, 1.82) is 5.26 Å². The average Bonchev–Trinajstić information content (AvgIpc) is 2.47. The van der Waals surface area contributed by atoms with Crippen LogP contribution < -0.4 is 5.32 Å². The van der Waals surface area contributed by atoms with E-state index in [1.807, 2.05) is 6.07 Å². The van der Waals surface area contributed by atoms with Gasteiger partial charge in [-0.1, -0.05) is 0 Å². The van der Waals surface area contributed by atoms with E-state index in [1.54, 1.807) is 19.2 Å². The number of hydrogen-bond acceptors (Lipinski definition) is 6. The molecule has 0 aliphatic heterocycles. The van der Waals surface area contributed by atoms with Crippen molar-refractivity contribution < 1.29 is 13.2 Å². The van der Waals surface area contributed by atoms with E-state index in [0.717, 1.165) is 0 Å². The highest BCUT2D eigenvalue weighted by molar-refractivity contribution is 7.89. The quantitative estimate of drug-likeness (QED) is 0.758. The summed E-state index contributed by atoms with van der Waals surface area (Å²) in [6, 6.07) is 5.23. The molecule has 0 saturated carbocycles. The standard InChI is InChI=1S/C12H18N4O3S/c1-14-11-5-3-7-15-12(11)20(17,18)16(8-4-6-13)9-10-19-2/h3,5,7,14H,4,8-10H2,1-2H3. The van der Waals surface area contributed by atoms with Crippen molar-refractivity contribution in [3.8, 4) is 6.07 Å². The molecule has 1 N–H and O–H groups in total. The number of nitrogens with one attached hydrogen (secondary N) is 1. The molecule has 0 amide bonds. The van der Waals surface area contributed by atoms with Crippen LogP contribution in [-0.4, -0.2) is 51.6 Å². The van der Waals surface area contributed by atoms with Gasteiger partial charge in [-0.05, 0) is 12.1 Å². The molecule has 1 aromatic heterocycles. The molecule has 0 atom stereocenters. The lowest BCUT2D eigenvalue weighted by atomic mass is 10.4. The van der Waals surface area contributed by atoms with Crippen LogP contribution >= 0.6 is 0 Å². The van der Waals surface area contributed by atoms with E-state index in [2.05, 4.69) is 10.3 Å². The largest absolute Gasteiger partial charge is 0.386 e. The van der Waals surface area contributed by atoms with E-state index in [-0.39, 0.29) is 31.1 Å². The fraction of sp³-hybridized carbons (Fsp3) is 0.500. The van der Waals surface area contributed by atoms with Gasteiger partial charge in [-0.2, -0.15) is 9.57 Å². The predicted octanol–water partition coefficient (Wildman–Crippen LogP) is 0.674. The molecule has 0 aliphatic rings. The fourth-order valence-corrected chi connectivity index (χ4v) is 3.16. The molecule has 0 aromatic carbocycles. The number of anilines is 1. The highest BCUT2D eigenvalue weighted by atomic mass is 32.2. The van der Waals surface area contributed by atoms with Gasteiger partial charge in [-0.15, -0.1) is 0 Å². The van der Waals surface area contributed by atoms with Crippen LogP contribution in [0.2, 0.25) is 0 Å². The molecular weight excluding hydrogens is 280 g/mol. The van der Waals surface area contributed by atoms with Crippen LogP contribution in [0.5, 0.6) is 0 Å². The van der Waals surface area contributed by atoms with E-state index in [9.17, 15) is 8.42 Å². The lowest BCUT2D eigenvalue weighted by molar-refractivity contribution is 0.179. The van der Waals surface area contributed by atoms with Crippen LogP contribution in [-0.2, 0) is 14.8 Å². The van der Waals surface area contributed by atoms with E-state index in [1.165, 1.54) is 17.6 Å². The van der Waals surface area contributed by atoms with Crippen molar-refractivity contribution in [3.63, 3.8) is 0 Å². The molecule has 1 heterocycles. The van der Waals surface area contributed by atoms with E-state index in [0.29, 0.717) is 5.69 Å². The third-order valence-electron chi connectivity index (χ3n) is 2.64. The molecule has 1 aromatic rings. The van der Waals surface area contributed by atoms with Crippen LogP contribution in [0.1, 0.15) is 6.42 Å². The Morgan fingerprint density at radius 1 is 1.50 bits per heavy atom. The summed E-state index contributed by atoms with van der Waals surface area (Å²) in [5.41, 5.74) is 0.423.